The molecule has 2 aromatic carbocycles. The molecule has 2 nitrogen and oxygen atoms in total. The number of carbonyl (C=O) groups excluding carboxylic acids is 1. The average Bonchev–Trinajstić information content (AvgIpc) is 3.40. The molecule has 1 heterocycles. The highest BCUT2D eigenvalue weighted by Gasteiger charge is 2.19. The first kappa shape index (κ1) is 27.2. The van der Waals surface area contributed by atoms with Gasteiger partial charge in [-0.2, -0.15) is 0 Å². The third-order valence-electron chi connectivity index (χ3n) is 6.67. The predicted octanol–water partition coefficient (Wildman–Crippen LogP) is 8.84. The molecule has 1 aliphatic heterocycles. The Morgan fingerprint density at radius 1 is 0.970 bits per heavy atom. The number of hydrogen-bond acceptors (Lipinski definition) is 2. The third kappa shape index (κ3) is 9.37. The molecule has 1 saturated carbocycles. The summed E-state index contributed by atoms with van der Waals surface area (Å²) < 4.78 is 0. The number of hydrogen-bond donors (Lipinski definition) is 0. The van der Waals surface area contributed by atoms with Crippen LogP contribution >= 0.6 is 11.6 Å². The zero-order chi connectivity index (χ0) is 24.2. The van der Waals surface area contributed by atoms with Gasteiger partial charge in [0.1, 0.15) is 0 Å². The van der Waals surface area contributed by atoms with Gasteiger partial charge in [0, 0.05) is 29.4 Å². The monoisotopic (exact) mass is 467 g/mol. The summed E-state index contributed by atoms with van der Waals surface area (Å²) in [5.74, 6) is 0.838. The summed E-state index contributed by atoms with van der Waals surface area (Å²) >= 11 is 5.79. The van der Waals surface area contributed by atoms with E-state index in [1.807, 2.05) is 13.0 Å². The number of piperidine rings is 1. The fraction of sp³-hybridized carbons (Fsp3) is 0.500. The molecule has 0 amide bonds. The normalized spacial score (nSPS) is 15.7. The molecule has 0 atom stereocenters. The minimum Gasteiger partial charge on any atom is -0.371 e. The maximum Gasteiger partial charge on any atom is 0.160 e. The summed E-state index contributed by atoms with van der Waals surface area (Å²) in [4.78, 5) is 13.6. The molecule has 0 spiro atoms. The van der Waals surface area contributed by atoms with Crippen molar-refractivity contribution in [1.29, 1.82) is 0 Å². The largest absolute Gasteiger partial charge is 0.371 e. The predicted molar refractivity (Wildman–Crippen MR) is 145 cm³/mol. The number of carbonyl (C=O) groups is 1. The second-order valence-corrected chi connectivity index (χ2v) is 9.86. The molecule has 2 fully saturated rings. The lowest BCUT2D eigenvalue weighted by Crippen LogP contribution is -2.33. The van der Waals surface area contributed by atoms with Gasteiger partial charge in [0.15, 0.2) is 5.78 Å². The lowest BCUT2D eigenvalue weighted by Gasteiger charge is -2.34. The zero-order valence-corrected chi connectivity index (χ0v) is 21.9. The Morgan fingerprint density at radius 3 is 1.97 bits per heavy atom. The molecular weight excluding hydrogens is 426 g/mol. The molecule has 0 unspecified atom stereocenters. The lowest BCUT2D eigenvalue weighted by atomic mass is 9.91. The Hall–Kier alpha value is -2.06. The van der Waals surface area contributed by atoms with Gasteiger partial charge in [-0.3, -0.25) is 4.79 Å². The van der Waals surface area contributed by atoms with Crippen LogP contribution in [0.15, 0.2) is 54.6 Å². The van der Waals surface area contributed by atoms with Crippen molar-refractivity contribution >= 4 is 23.1 Å². The summed E-state index contributed by atoms with van der Waals surface area (Å²) in [5, 5.41) is 0.692. The highest BCUT2D eigenvalue weighted by molar-refractivity contribution is 6.30. The average molecular weight is 468 g/mol. The molecule has 0 aromatic heterocycles. The minimum atomic E-state index is 0.100. The van der Waals surface area contributed by atoms with E-state index in [2.05, 4.69) is 49.6 Å². The highest BCUT2D eigenvalue weighted by Crippen LogP contribution is 2.27. The van der Waals surface area contributed by atoms with Crippen LogP contribution < -0.4 is 4.90 Å². The van der Waals surface area contributed by atoms with Gasteiger partial charge >= 0.3 is 0 Å². The van der Waals surface area contributed by atoms with Crippen LogP contribution in [0.5, 0.6) is 0 Å². The van der Waals surface area contributed by atoms with Crippen molar-refractivity contribution in [2.24, 2.45) is 5.92 Å². The van der Waals surface area contributed by atoms with Crippen LogP contribution in [0.25, 0.3) is 0 Å². The SMILES string of the molecule is C1CCCC1.C=C(C)C1CCN(c2ccc(C)cc2)CC1.CCc1cc(Cl)ccc1C(C)=O. The summed E-state index contributed by atoms with van der Waals surface area (Å²) in [6.45, 7) is 14.3. The van der Waals surface area contributed by atoms with Gasteiger partial charge in [-0.1, -0.05) is 80.5 Å². The van der Waals surface area contributed by atoms with Gasteiger partial charge in [0.25, 0.3) is 0 Å². The summed E-state index contributed by atoms with van der Waals surface area (Å²) in [7, 11) is 0. The van der Waals surface area contributed by atoms with E-state index in [0.29, 0.717) is 5.02 Å². The first-order valence-corrected chi connectivity index (χ1v) is 13.0. The molecule has 2 aliphatic rings. The van der Waals surface area contributed by atoms with Gasteiger partial charge < -0.3 is 4.90 Å². The van der Waals surface area contributed by atoms with Crippen molar-refractivity contribution in [3.05, 3.63) is 76.3 Å². The third-order valence-corrected chi connectivity index (χ3v) is 6.90. The van der Waals surface area contributed by atoms with E-state index in [0.717, 1.165) is 23.5 Å². The number of Topliss-reactive ketones (excluding diaryl/α,β-unsaturated/α-hetero) is 1. The Morgan fingerprint density at radius 2 is 1.52 bits per heavy atom. The van der Waals surface area contributed by atoms with E-state index < -0.39 is 0 Å². The molecule has 1 saturated heterocycles. The first-order valence-electron chi connectivity index (χ1n) is 12.6. The Labute approximate surface area is 207 Å². The Bertz CT molecular complexity index is 867. The fourth-order valence-corrected chi connectivity index (χ4v) is 4.66. The van der Waals surface area contributed by atoms with Gasteiger partial charge in [-0.15, -0.1) is 0 Å². The number of rotatable bonds is 4. The van der Waals surface area contributed by atoms with Crippen LogP contribution in [0.2, 0.25) is 5.02 Å². The van der Waals surface area contributed by atoms with E-state index in [-0.39, 0.29) is 5.78 Å². The van der Waals surface area contributed by atoms with E-state index in [1.54, 1.807) is 19.1 Å². The molecule has 0 N–H and O–H groups in total. The van der Waals surface area contributed by atoms with Crippen LogP contribution in [0.1, 0.15) is 87.2 Å². The number of halogens is 1. The molecule has 2 aromatic rings. The molecule has 1 aliphatic carbocycles. The van der Waals surface area contributed by atoms with Crippen LogP contribution in [0.4, 0.5) is 5.69 Å². The lowest BCUT2D eigenvalue weighted by molar-refractivity contribution is 0.101. The standard InChI is InChI=1S/C15H21N.C10H11ClO.C5H10/c1-12(2)14-8-10-16(11-9-14)15-6-4-13(3)5-7-15;1-3-8-6-9(11)4-5-10(8)7(2)12;1-2-4-5-3-1/h4-7,14H,1,8-11H2,2-3H3;4-6H,3H2,1-2H3;1-5H2. The zero-order valence-electron chi connectivity index (χ0n) is 21.1. The summed E-state index contributed by atoms with van der Waals surface area (Å²) in [5.41, 5.74) is 5.85. The fourth-order valence-electron chi connectivity index (χ4n) is 4.47. The molecule has 180 valence electrons. The van der Waals surface area contributed by atoms with E-state index in [9.17, 15) is 4.79 Å². The second kappa shape index (κ2) is 14.3. The van der Waals surface area contributed by atoms with E-state index >= 15 is 0 Å². The number of aryl methyl sites for hydroxylation is 2. The van der Waals surface area contributed by atoms with Crippen LogP contribution in [-0.2, 0) is 6.42 Å². The molecule has 33 heavy (non-hydrogen) atoms. The molecular formula is C30H42ClNO. The van der Waals surface area contributed by atoms with Crippen molar-refractivity contribution < 1.29 is 4.79 Å². The van der Waals surface area contributed by atoms with Gasteiger partial charge in [-0.25, -0.2) is 0 Å². The first-order chi connectivity index (χ1) is 15.8. The number of benzene rings is 2. The maximum atomic E-state index is 11.1. The maximum absolute atomic E-state index is 11.1. The summed E-state index contributed by atoms with van der Waals surface area (Å²) in [6, 6.07) is 14.2. The molecule has 3 heteroatoms. The highest BCUT2D eigenvalue weighted by atomic mass is 35.5. The Balaban J connectivity index is 0.000000198. The van der Waals surface area contributed by atoms with Crippen molar-refractivity contribution in [1.82, 2.24) is 0 Å². The van der Waals surface area contributed by atoms with Gasteiger partial charge in [-0.05, 0) is 81.8 Å². The van der Waals surface area contributed by atoms with Gasteiger partial charge in [0.05, 0.1) is 0 Å². The second-order valence-electron chi connectivity index (χ2n) is 9.42. The van der Waals surface area contributed by atoms with Crippen molar-refractivity contribution in [2.45, 2.75) is 79.1 Å². The topological polar surface area (TPSA) is 20.3 Å². The van der Waals surface area contributed by atoms with Crippen molar-refractivity contribution in [2.75, 3.05) is 18.0 Å². The van der Waals surface area contributed by atoms with Crippen molar-refractivity contribution in [3.8, 4) is 0 Å². The van der Waals surface area contributed by atoms with Crippen LogP contribution in [0.3, 0.4) is 0 Å². The van der Waals surface area contributed by atoms with Crippen molar-refractivity contribution in [3.63, 3.8) is 0 Å². The number of anilines is 1. The molecule has 0 bridgehead atoms. The smallest absolute Gasteiger partial charge is 0.160 e. The molecule has 4 rings (SSSR count). The van der Waals surface area contributed by atoms with Crippen LogP contribution in [0, 0.1) is 12.8 Å². The van der Waals surface area contributed by atoms with Gasteiger partial charge in [0.2, 0.25) is 0 Å². The molecule has 0 radical (unpaired) electrons. The van der Waals surface area contributed by atoms with E-state index in [4.69, 9.17) is 11.6 Å². The number of ketones is 1. The van der Waals surface area contributed by atoms with E-state index in [1.165, 1.54) is 74.9 Å². The Kier molecular flexibility index (Phi) is 11.7. The minimum absolute atomic E-state index is 0.100. The van der Waals surface area contributed by atoms with Crippen LogP contribution in [-0.4, -0.2) is 18.9 Å². The number of nitrogens with zero attached hydrogens (tertiary/aromatic N) is 1. The number of allylic oxidation sites excluding steroid dienone is 1. The quantitative estimate of drug-likeness (QED) is 0.330. The summed E-state index contributed by atoms with van der Waals surface area (Å²) in [6.07, 6.45) is 10.8.